The highest BCUT2D eigenvalue weighted by Crippen LogP contribution is 2.27. The number of aromatic nitrogens is 2. The van der Waals surface area contributed by atoms with Gasteiger partial charge in [0, 0.05) is 17.3 Å². The van der Waals surface area contributed by atoms with Crippen LogP contribution in [0, 0.1) is 13.8 Å². The van der Waals surface area contributed by atoms with Gasteiger partial charge in [0.2, 0.25) is 0 Å². The maximum atomic E-state index is 11.8. The molecule has 0 amide bonds. The Morgan fingerprint density at radius 1 is 1.56 bits per heavy atom. The average Bonchev–Trinajstić information content (AvgIpc) is 3.02. The molecule has 0 aromatic carbocycles. The number of carbonyl (C=O) groups is 1. The number of nitrogens with zero attached hydrogens (tertiary/aromatic N) is 1. The first kappa shape index (κ1) is 11.1. The molecule has 16 heavy (non-hydrogen) atoms. The van der Waals surface area contributed by atoms with E-state index >= 15 is 0 Å². The second-order valence-corrected chi connectivity index (χ2v) is 4.24. The number of esters is 1. The first-order valence-corrected chi connectivity index (χ1v) is 5.48. The molecule has 2 N–H and O–H groups in total. The number of rotatable bonds is 4. The quantitative estimate of drug-likeness (QED) is 0.747. The molecule has 0 spiro atoms. The maximum absolute atomic E-state index is 11.8. The molecular formula is C11H17N3O2. The Bertz CT molecular complexity index is 376. The lowest BCUT2D eigenvalue weighted by atomic mass is 10.1. The largest absolute Gasteiger partial charge is 0.468 e. The van der Waals surface area contributed by atoms with Gasteiger partial charge < -0.3 is 4.74 Å². The summed E-state index contributed by atoms with van der Waals surface area (Å²) in [4.78, 5) is 11.8. The molecule has 1 aromatic rings. The van der Waals surface area contributed by atoms with Crippen LogP contribution in [0.4, 0.5) is 0 Å². The monoisotopic (exact) mass is 223 g/mol. The number of H-pyrrole nitrogens is 1. The van der Waals surface area contributed by atoms with Crippen LogP contribution in [0.1, 0.15) is 35.8 Å². The molecule has 2 rings (SSSR count). The van der Waals surface area contributed by atoms with Gasteiger partial charge in [0.1, 0.15) is 6.04 Å². The van der Waals surface area contributed by atoms with Crippen LogP contribution in [0.5, 0.6) is 0 Å². The Morgan fingerprint density at radius 3 is 2.69 bits per heavy atom. The number of nitrogens with one attached hydrogen (secondary N) is 2. The Hall–Kier alpha value is -1.36. The zero-order valence-corrected chi connectivity index (χ0v) is 9.83. The number of methoxy groups -OCH3 is 1. The summed E-state index contributed by atoms with van der Waals surface area (Å²) in [6, 6.07) is 0.0500. The average molecular weight is 223 g/mol. The van der Waals surface area contributed by atoms with Gasteiger partial charge in [0.15, 0.2) is 0 Å². The van der Waals surface area contributed by atoms with Crippen molar-refractivity contribution >= 4 is 5.97 Å². The third-order valence-electron chi connectivity index (χ3n) is 2.89. The summed E-state index contributed by atoms with van der Waals surface area (Å²) in [5, 5.41) is 10.3. The highest BCUT2D eigenvalue weighted by Gasteiger charge is 2.32. The third kappa shape index (κ3) is 2.09. The standard InChI is InChI=1S/C11H17N3O2/c1-6-9(7(2)14-13-6)10(11(15)16-3)12-8-4-5-8/h8,10,12H,4-5H2,1-3H3,(H,13,14). The Balaban J connectivity index is 2.26. The van der Waals surface area contributed by atoms with E-state index in [9.17, 15) is 4.79 Å². The second-order valence-electron chi connectivity index (χ2n) is 4.24. The topological polar surface area (TPSA) is 67.0 Å². The lowest BCUT2D eigenvalue weighted by Crippen LogP contribution is -2.32. The Morgan fingerprint density at radius 2 is 2.25 bits per heavy atom. The van der Waals surface area contributed by atoms with Crippen molar-refractivity contribution in [1.82, 2.24) is 15.5 Å². The number of aryl methyl sites for hydroxylation is 2. The molecule has 1 unspecified atom stereocenters. The predicted molar refractivity (Wildman–Crippen MR) is 59.0 cm³/mol. The van der Waals surface area contributed by atoms with Gasteiger partial charge in [-0.15, -0.1) is 0 Å². The number of carbonyl (C=O) groups excluding carboxylic acids is 1. The highest BCUT2D eigenvalue weighted by molar-refractivity contribution is 5.78. The number of hydrogen-bond donors (Lipinski definition) is 2. The van der Waals surface area contributed by atoms with Crippen LogP contribution in [-0.4, -0.2) is 29.3 Å². The molecule has 1 aliphatic carbocycles. The molecule has 0 aliphatic heterocycles. The van der Waals surface area contributed by atoms with E-state index in [2.05, 4.69) is 15.5 Å². The Labute approximate surface area is 94.6 Å². The molecule has 1 fully saturated rings. The molecule has 5 heteroatoms. The number of hydrogen-bond acceptors (Lipinski definition) is 4. The lowest BCUT2D eigenvalue weighted by molar-refractivity contribution is -0.143. The van der Waals surface area contributed by atoms with E-state index in [1.807, 2.05) is 13.8 Å². The molecule has 1 atom stereocenters. The first-order chi connectivity index (χ1) is 7.63. The molecule has 88 valence electrons. The first-order valence-electron chi connectivity index (χ1n) is 5.48. The van der Waals surface area contributed by atoms with Gasteiger partial charge in [-0.25, -0.2) is 4.79 Å². The van der Waals surface area contributed by atoms with E-state index in [1.165, 1.54) is 7.11 Å². The molecular weight excluding hydrogens is 206 g/mol. The zero-order valence-electron chi connectivity index (χ0n) is 9.83. The fourth-order valence-electron chi connectivity index (χ4n) is 1.86. The lowest BCUT2D eigenvalue weighted by Gasteiger charge is -2.16. The molecule has 1 heterocycles. The van der Waals surface area contributed by atoms with Crippen LogP contribution < -0.4 is 5.32 Å². The predicted octanol–water partition coefficient (Wildman–Crippen LogP) is 0.993. The van der Waals surface area contributed by atoms with Gasteiger partial charge in [-0.2, -0.15) is 5.10 Å². The van der Waals surface area contributed by atoms with Crippen LogP contribution in [0.15, 0.2) is 0 Å². The van der Waals surface area contributed by atoms with Crippen molar-refractivity contribution in [3.8, 4) is 0 Å². The van der Waals surface area contributed by atoms with Crippen molar-refractivity contribution in [2.24, 2.45) is 0 Å². The summed E-state index contributed by atoms with van der Waals surface area (Å²) in [6.07, 6.45) is 2.26. The molecule has 1 aromatic heterocycles. The van der Waals surface area contributed by atoms with Crippen molar-refractivity contribution in [3.05, 3.63) is 17.0 Å². The van der Waals surface area contributed by atoms with Crippen molar-refractivity contribution < 1.29 is 9.53 Å². The Kier molecular flexibility index (Phi) is 2.96. The molecule has 1 aliphatic rings. The summed E-state index contributed by atoms with van der Waals surface area (Å²) < 4.78 is 4.83. The molecule has 5 nitrogen and oxygen atoms in total. The van der Waals surface area contributed by atoms with Crippen LogP contribution in [0.3, 0.4) is 0 Å². The van der Waals surface area contributed by atoms with Gasteiger partial charge in [-0.1, -0.05) is 0 Å². The minimum absolute atomic E-state index is 0.250. The SMILES string of the molecule is COC(=O)C(NC1CC1)c1c(C)n[nH]c1C. The number of ether oxygens (including phenoxy) is 1. The van der Waals surface area contributed by atoms with Crippen molar-refractivity contribution in [1.29, 1.82) is 0 Å². The fourth-order valence-corrected chi connectivity index (χ4v) is 1.86. The molecule has 0 saturated heterocycles. The van der Waals surface area contributed by atoms with Gasteiger partial charge in [-0.05, 0) is 26.7 Å². The molecule has 0 radical (unpaired) electrons. The fraction of sp³-hybridized carbons (Fsp3) is 0.636. The normalized spacial score (nSPS) is 17.2. The van der Waals surface area contributed by atoms with Crippen molar-refractivity contribution in [2.45, 2.75) is 38.8 Å². The summed E-state index contributed by atoms with van der Waals surface area (Å²) in [7, 11) is 1.41. The van der Waals surface area contributed by atoms with E-state index in [0.717, 1.165) is 29.8 Å². The van der Waals surface area contributed by atoms with Gasteiger partial charge in [0.25, 0.3) is 0 Å². The maximum Gasteiger partial charge on any atom is 0.327 e. The minimum Gasteiger partial charge on any atom is -0.468 e. The number of aromatic amines is 1. The van der Waals surface area contributed by atoms with Gasteiger partial charge in [0.05, 0.1) is 12.8 Å². The molecule has 1 saturated carbocycles. The summed E-state index contributed by atoms with van der Waals surface area (Å²) in [6.45, 7) is 3.81. The van der Waals surface area contributed by atoms with Crippen LogP contribution in [0.2, 0.25) is 0 Å². The van der Waals surface area contributed by atoms with E-state index < -0.39 is 6.04 Å². The minimum atomic E-state index is -0.392. The van der Waals surface area contributed by atoms with Crippen LogP contribution >= 0.6 is 0 Å². The van der Waals surface area contributed by atoms with E-state index in [4.69, 9.17) is 4.74 Å². The van der Waals surface area contributed by atoms with E-state index in [1.54, 1.807) is 0 Å². The third-order valence-corrected chi connectivity index (χ3v) is 2.89. The van der Waals surface area contributed by atoms with E-state index in [-0.39, 0.29) is 5.97 Å². The van der Waals surface area contributed by atoms with Crippen molar-refractivity contribution in [3.63, 3.8) is 0 Å². The van der Waals surface area contributed by atoms with Crippen LogP contribution in [0.25, 0.3) is 0 Å². The summed E-state index contributed by atoms with van der Waals surface area (Å²) >= 11 is 0. The van der Waals surface area contributed by atoms with E-state index in [0.29, 0.717) is 6.04 Å². The smallest absolute Gasteiger partial charge is 0.327 e. The summed E-state index contributed by atoms with van der Waals surface area (Å²) in [5.41, 5.74) is 2.68. The highest BCUT2D eigenvalue weighted by atomic mass is 16.5. The molecule has 0 bridgehead atoms. The zero-order chi connectivity index (χ0) is 11.7. The van der Waals surface area contributed by atoms with Gasteiger partial charge in [-0.3, -0.25) is 10.4 Å². The second kappa shape index (κ2) is 4.25. The summed E-state index contributed by atoms with van der Waals surface area (Å²) in [5.74, 6) is -0.250. The van der Waals surface area contributed by atoms with Crippen LogP contribution in [-0.2, 0) is 9.53 Å². The van der Waals surface area contributed by atoms with Crippen molar-refractivity contribution in [2.75, 3.05) is 7.11 Å². The van der Waals surface area contributed by atoms with Gasteiger partial charge >= 0.3 is 5.97 Å².